The van der Waals surface area contributed by atoms with Crippen LogP contribution >= 0.6 is 11.5 Å². The third-order valence-electron chi connectivity index (χ3n) is 2.72. The highest BCUT2D eigenvalue weighted by Crippen LogP contribution is 2.18. The van der Waals surface area contributed by atoms with Gasteiger partial charge in [0.05, 0.1) is 12.8 Å². The van der Waals surface area contributed by atoms with Gasteiger partial charge in [-0.05, 0) is 24.5 Å². The number of carbonyl (C=O) groups is 1. The summed E-state index contributed by atoms with van der Waals surface area (Å²) in [5.74, 6) is -0.503. The van der Waals surface area contributed by atoms with E-state index in [4.69, 9.17) is 4.74 Å². The summed E-state index contributed by atoms with van der Waals surface area (Å²) >= 11 is 1.06. The zero-order chi connectivity index (χ0) is 15.1. The molecule has 0 fully saturated rings. The van der Waals surface area contributed by atoms with Crippen molar-refractivity contribution in [2.75, 3.05) is 12.0 Å². The topological polar surface area (TPSA) is 76.5 Å². The molecular weight excluding hydrogens is 288 g/mol. The molecule has 0 unspecified atom stereocenters. The van der Waals surface area contributed by atoms with Gasteiger partial charge < -0.3 is 4.74 Å². The van der Waals surface area contributed by atoms with Crippen LogP contribution in [0.3, 0.4) is 0 Å². The Kier molecular flexibility index (Phi) is 5.39. The summed E-state index contributed by atoms with van der Waals surface area (Å²) in [6.07, 6.45) is 2.68. The number of hydrazone groups is 1. The first-order chi connectivity index (χ1) is 10.2. The summed E-state index contributed by atoms with van der Waals surface area (Å²) < 4.78 is 8.62. The maximum absolute atomic E-state index is 11.6. The van der Waals surface area contributed by atoms with Gasteiger partial charge in [-0.15, -0.1) is 5.10 Å². The average Bonchev–Trinajstić information content (AvgIpc) is 2.97. The minimum absolute atomic E-state index is 0.153. The fourth-order valence-corrected chi connectivity index (χ4v) is 2.11. The second-order valence-corrected chi connectivity index (χ2v) is 4.89. The predicted octanol–water partition coefficient (Wildman–Crippen LogP) is 2.72. The molecule has 0 amide bonds. The maximum atomic E-state index is 11.6. The Morgan fingerprint density at radius 1 is 1.38 bits per heavy atom. The summed E-state index contributed by atoms with van der Waals surface area (Å²) in [6, 6.07) is 8.09. The van der Waals surface area contributed by atoms with Crippen LogP contribution in [-0.2, 0) is 11.2 Å². The lowest BCUT2D eigenvalue weighted by molar-refractivity contribution is 0.0520. The Hall–Kier alpha value is -2.28. The molecule has 0 saturated carbocycles. The molecular formula is C14H16N4O2S. The van der Waals surface area contributed by atoms with E-state index in [1.54, 1.807) is 13.1 Å². The molecule has 7 heteroatoms. The van der Waals surface area contributed by atoms with Crippen LogP contribution in [0.25, 0.3) is 0 Å². The molecule has 1 aromatic heterocycles. The van der Waals surface area contributed by atoms with E-state index in [-0.39, 0.29) is 5.69 Å². The number of hydrogen-bond acceptors (Lipinski definition) is 7. The Morgan fingerprint density at radius 3 is 2.81 bits per heavy atom. The van der Waals surface area contributed by atoms with Gasteiger partial charge in [-0.3, -0.25) is 5.43 Å². The number of nitrogens with zero attached hydrogens (tertiary/aromatic N) is 3. The number of anilines is 1. The third-order valence-corrected chi connectivity index (χ3v) is 3.35. The fraction of sp³-hybridized carbons (Fsp3) is 0.286. The molecule has 0 radical (unpaired) electrons. The van der Waals surface area contributed by atoms with Gasteiger partial charge in [-0.25, -0.2) is 4.79 Å². The zero-order valence-corrected chi connectivity index (χ0v) is 12.7. The molecule has 2 aromatic rings. The van der Waals surface area contributed by atoms with Gasteiger partial charge in [0.25, 0.3) is 0 Å². The second-order valence-electron chi connectivity index (χ2n) is 4.14. The highest BCUT2D eigenvalue weighted by Gasteiger charge is 2.17. The molecule has 0 saturated heterocycles. The van der Waals surface area contributed by atoms with Crippen LogP contribution in [0.1, 0.15) is 35.5 Å². The normalized spacial score (nSPS) is 10.8. The zero-order valence-electron chi connectivity index (χ0n) is 11.9. The van der Waals surface area contributed by atoms with Gasteiger partial charge in [0.1, 0.15) is 0 Å². The molecule has 0 spiro atoms. The van der Waals surface area contributed by atoms with Crippen molar-refractivity contribution in [2.24, 2.45) is 5.10 Å². The van der Waals surface area contributed by atoms with Gasteiger partial charge in [-0.1, -0.05) is 35.7 Å². The van der Waals surface area contributed by atoms with E-state index in [1.807, 2.05) is 12.1 Å². The van der Waals surface area contributed by atoms with Crippen molar-refractivity contribution in [3.63, 3.8) is 0 Å². The second kappa shape index (κ2) is 7.49. The largest absolute Gasteiger partial charge is 0.461 e. The van der Waals surface area contributed by atoms with E-state index < -0.39 is 5.97 Å². The Balaban J connectivity index is 2.00. The van der Waals surface area contributed by atoms with Gasteiger partial charge in [0, 0.05) is 11.5 Å². The molecule has 0 aliphatic heterocycles. The monoisotopic (exact) mass is 304 g/mol. The molecule has 1 N–H and O–H groups in total. The standard InChI is InChI=1S/C14H16N4O2S/c1-3-10-5-7-11(8-6-10)9-15-17-13-12(16-18-21-13)14(19)20-4-2/h5-9,17H,3-4H2,1-2H3. The minimum Gasteiger partial charge on any atom is -0.461 e. The minimum atomic E-state index is -0.503. The molecule has 0 bridgehead atoms. The Labute approximate surface area is 127 Å². The van der Waals surface area contributed by atoms with Crippen LogP contribution in [0.2, 0.25) is 0 Å². The molecule has 0 aliphatic rings. The van der Waals surface area contributed by atoms with Gasteiger partial charge >= 0.3 is 5.97 Å². The number of benzene rings is 1. The van der Waals surface area contributed by atoms with Crippen LogP contribution in [0.5, 0.6) is 0 Å². The van der Waals surface area contributed by atoms with Crippen molar-refractivity contribution in [1.29, 1.82) is 0 Å². The third kappa shape index (κ3) is 4.09. The van der Waals surface area contributed by atoms with Crippen molar-refractivity contribution in [3.05, 3.63) is 41.1 Å². The van der Waals surface area contributed by atoms with Gasteiger partial charge in [0.2, 0.25) is 5.69 Å². The van der Waals surface area contributed by atoms with Crippen molar-refractivity contribution < 1.29 is 9.53 Å². The first-order valence-corrected chi connectivity index (χ1v) is 7.39. The summed E-state index contributed by atoms with van der Waals surface area (Å²) in [7, 11) is 0. The smallest absolute Gasteiger partial charge is 0.362 e. The molecule has 0 atom stereocenters. The molecule has 21 heavy (non-hydrogen) atoms. The van der Waals surface area contributed by atoms with Crippen molar-refractivity contribution >= 4 is 28.7 Å². The van der Waals surface area contributed by atoms with Crippen molar-refractivity contribution in [1.82, 2.24) is 9.59 Å². The quantitative estimate of drug-likeness (QED) is 0.504. The first kappa shape index (κ1) is 15.1. The number of rotatable bonds is 6. The molecule has 0 aliphatic carbocycles. The predicted molar refractivity (Wildman–Crippen MR) is 82.9 cm³/mol. The van der Waals surface area contributed by atoms with Crippen LogP contribution in [0, 0.1) is 0 Å². The molecule has 110 valence electrons. The lowest BCUT2D eigenvalue weighted by Crippen LogP contribution is -2.07. The fourth-order valence-electron chi connectivity index (χ4n) is 1.60. The van der Waals surface area contributed by atoms with E-state index in [2.05, 4.69) is 39.2 Å². The molecule has 1 aromatic carbocycles. The molecule has 6 nitrogen and oxygen atoms in total. The average molecular weight is 304 g/mol. The maximum Gasteiger partial charge on any atom is 0.362 e. The van der Waals surface area contributed by atoms with Crippen LogP contribution in [-0.4, -0.2) is 28.4 Å². The van der Waals surface area contributed by atoms with E-state index in [9.17, 15) is 4.79 Å². The number of esters is 1. The van der Waals surface area contributed by atoms with E-state index in [1.165, 1.54) is 5.56 Å². The number of nitrogens with one attached hydrogen (secondary N) is 1. The highest BCUT2D eigenvalue weighted by molar-refractivity contribution is 7.10. The SMILES string of the molecule is CCOC(=O)c1nnsc1NN=Cc1ccc(CC)cc1. The summed E-state index contributed by atoms with van der Waals surface area (Å²) in [5, 5.41) is 8.30. The summed E-state index contributed by atoms with van der Waals surface area (Å²) in [5.41, 5.74) is 5.17. The molecule has 1 heterocycles. The highest BCUT2D eigenvalue weighted by atomic mass is 32.1. The number of carbonyl (C=O) groups excluding carboxylic acids is 1. The van der Waals surface area contributed by atoms with E-state index in [0.717, 1.165) is 23.5 Å². The van der Waals surface area contributed by atoms with Crippen LogP contribution < -0.4 is 5.43 Å². The van der Waals surface area contributed by atoms with Gasteiger partial charge in [-0.2, -0.15) is 5.10 Å². The van der Waals surface area contributed by atoms with Crippen molar-refractivity contribution in [3.8, 4) is 0 Å². The summed E-state index contributed by atoms with van der Waals surface area (Å²) in [6.45, 7) is 4.14. The van der Waals surface area contributed by atoms with E-state index in [0.29, 0.717) is 11.6 Å². The lowest BCUT2D eigenvalue weighted by atomic mass is 10.1. The van der Waals surface area contributed by atoms with Crippen molar-refractivity contribution in [2.45, 2.75) is 20.3 Å². The number of ether oxygens (including phenoxy) is 1. The summed E-state index contributed by atoms with van der Waals surface area (Å²) in [4.78, 5) is 11.6. The van der Waals surface area contributed by atoms with Crippen LogP contribution in [0.4, 0.5) is 5.00 Å². The van der Waals surface area contributed by atoms with Gasteiger partial charge in [0.15, 0.2) is 5.00 Å². The first-order valence-electron chi connectivity index (χ1n) is 6.62. The van der Waals surface area contributed by atoms with Crippen LogP contribution in [0.15, 0.2) is 29.4 Å². The number of hydrogen-bond donors (Lipinski definition) is 1. The lowest BCUT2D eigenvalue weighted by Gasteiger charge is -2.00. The Morgan fingerprint density at radius 2 is 2.14 bits per heavy atom. The number of aryl methyl sites for hydroxylation is 1. The van der Waals surface area contributed by atoms with E-state index >= 15 is 0 Å². The Bertz CT molecular complexity index is 622. The molecule has 2 rings (SSSR count). The number of aromatic nitrogens is 2.